The lowest BCUT2D eigenvalue weighted by Gasteiger charge is -2.18. The number of unbranched alkanes of at least 4 members (excludes halogenated alkanes) is 36. The second-order valence-electron chi connectivity index (χ2n) is 21.6. The van der Waals surface area contributed by atoms with Crippen molar-refractivity contribution >= 4 is 17.9 Å². The average Bonchev–Trinajstić information content (AvgIpc) is 3.41. The van der Waals surface area contributed by atoms with E-state index in [4.69, 9.17) is 14.2 Å². The van der Waals surface area contributed by atoms with Crippen molar-refractivity contribution in [2.75, 3.05) is 13.2 Å². The Morgan fingerprint density at radius 1 is 0.280 bits per heavy atom. The van der Waals surface area contributed by atoms with Crippen LogP contribution >= 0.6 is 0 Å². The topological polar surface area (TPSA) is 78.9 Å². The van der Waals surface area contributed by atoms with Crippen molar-refractivity contribution in [3.05, 3.63) is 72.9 Å². The molecule has 0 N–H and O–H groups in total. The fourth-order valence-corrected chi connectivity index (χ4v) is 9.35. The standard InChI is InChI=1S/C69H122O6/c1-4-7-10-13-16-19-22-25-28-31-33-34-35-37-38-41-44-47-50-53-56-59-62-68(71)74-65-66(64-73-67(70)61-58-55-52-49-46-43-40-30-27-24-21-18-15-12-9-6-3)75-69(72)63-60-57-54-51-48-45-42-39-36-32-29-26-23-20-17-14-11-8-5-2/h8,11,17,20,26,29-30,36,39-40,45,48,66H,4-7,9-10,12-16,18-19,21-25,27-28,31-35,37-38,41-44,46-47,49-65H2,1-3H3/b11-8-,20-17-,29-26-,39-36-,40-30-,48-45-. The maximum atomic E-state index is 12.9. The molecule has 0 aliphatic rings. The van der Waals surface area contributed by atoms with Crippen molar-refractivity contribution in [2.45, 2.75) is 335 Å². The van der Waals surface area contributed by atoms with Crippen LogP contribution in [0.25, 0.3) is 0 Å². The highest BCUT2D eigenvalue weighted by atomic mass is 16.6. The first kappa shape index (κ1) is 71.8. The van der Waals surface area contributed by atoms with E-state index in [-0.39, 0.29) is 31.1 Å². The molecule has 0 bridgehead atoms. The van der Waals surface area contributed by atoms with Gasteiger partial charge in [-0.15, -0.1) is 0 Å². The summed E-state index contributed by atoms with van der Waals surface area (Å²) in [5, 5.41) is 0. The van der Waals surface area contributed by atoms with Gasteiger partial charge in [-0.3, -0.25) is 14.4 Å². The van der Waals surface area contributed by atoms with Crippen LogP contribution in [0.1, 0.15) is 329 Å². The monoisotopic (exact) mass is 1050 g/mol. The minimum atomic E-state index is -0.796. The molecular formula is C69H122O6. The quantitative estimate of drug-likeness (QED) is 0.0261. The maximum Gasteiger partial charge on any atom is 0.306 e. The number of hydrogen-bond donors (Lipinski definition) is 0. The van der Waals surface area contributed by atoms with E-state index in [1.165, 1.54) is 186 Å². The molecule has 0 saturated carbocycles. The summed E-state index contributed by atoms with van der Waals surface area (Å²) in [6, 6.07) is 0. The number of allylic oxidation sites excluding steroid dienone is 12. The van der Waals surface area contributed by atoms with Crippen LogP contribution in [-0.4, -0.2) is 37.2 Å². The van der Waals surface area contributed by atoms with Crippen molar-refractivity contribution in [1.29, 1.82) is 0 Å². The summed E-state index contributed by atoms with van der Waals surface area (Å²) in [6.07, 6.45) is 82.0. The molecule has 0 aliphatic carbocycles. The second kappa shape index (κ2) is 63.4. The Labute approximate surface area is 465 Å². The van der Waals surface area contributed by atoms with Gasteiger partial charge in [0.1, 0.15) is 13.2 Å². The molecule has 0 aromatic heterocycles. The summed E-state index contributed by atoms with van der Waals surface area (Å²) in [4.78, 5) is 38.3. The third-order valence-electron chi connectivity index (χ3n) is 14.2. The summed E-state index contributed by atoms with van der Waals surface area (Å²) in [7, 11) is 0. The Morgan fingerprint density at radius 3 is 0.840 bits per heavy atom. The fourth-order valence-electron chi connectivity index (χ4n) is 9.35. The maximum absolute atomic E-state index is 12.9. The van der Waals surface area contributed by atoms with Gasteiger partial charge < -0.3 is 14.2 Å². The molecule has 6 heteroatoms. The van der Waals surface area contributed by atoms with Gasteiger partial charge in [0.25, 0.3) is 0 Å². The SMILES string of the molecule is CC/C=C\C/C=C\C/C=C\C/C=C\C/C=C\CCCCCC(=O)OC(COC(=O)CCCCCCC/C=C\CCCCCCCCC)COC(=O)CCCCCCCCCCCCCCCCCCCCCCCC. The molecule has 0 spiro atoms. The first-order valence-corrected chi connectivity index (χ1v) is 32.4. The summed E-state index contributed by atoms with van der Waals surface area (Å²) in [6.45, 7) is 6.54. The first-order valence-electron chi connectivity index (χ1n) is 32.4. The van der Waals surface area contributed by atoms with E-state index in [2.05, 4.69) is 93.7 Å². The fraction of sp³-hybridized carbons (Fsp3) is 0.783. The highest BCUT2D eigenvalue weighted by Crippen LogP contribution is 2.17. The minimum absolute atomic E-state index is 0.0886. The molecule has 1 atom stereocenters. The number of hydrogen-bond acceptors (Lipinski definition) is 6. The van der Waals surface area contributed by atoms with Crippen LogP contribution in [0.15, 0.2) is 72.9 Å². The van der Waals surface area contributed by atoms with E-state index in [0.29, 0.717) is 19.3 Å². The van der Waals surface area contributed by atoms with E-state index in [1.807, 2.05) is 0 Å². The molecule has 0 amide bonds. The molecule has 434 valence electrons. The summed E-state index contributed by atoms with van der Waals surface area (Å²) < 4.78 is 16.9. The van der Waals surface area contributed by atoms with Gasteiger partial charge in [-0.25, -0.2) is 0 Å². The van der Waals surface area contributed by atoms with Crippen LogP contribution in [0.4, 0.5) is 0 Å². The van der Waals surface area contributed by atoms with Crippen LogP contribution in [-0.2, 0) is 28.6 Å². The third kappa shape index (κ3) is 61.6. The van der Waals surface area contributed by atoms with Crippen molar-refractivity contribution < 1.29 is 28.6 Å². The van der Waals surface area contributed by atoms with Crippen molar-refractivity contribution in [1.82, 2.24) is 0 Å². The number of carbonyl (C=O) groups excluding carboxylic acids is 3. The highest BCUT2D eigenvalue weighted by molar-refractivity contribution is 5.71. The van der Waals surface area contributed by atoms with Crippen LogP contribution in [0, 0.1) is 0 Å². The molecule has 75 heavy (non-hydrogen) atoms. The van der Waals surface area contributed by atoms with Crippen molar-refractivity contribution in [2.24, 2.45) is 0 Å². The van der Waals surface area contributed by atoms with E-state index in [9.17, 15) is 14.4 Å². The van der Waals surface area contributed by atoms with E-state index in [1.54, 1.807) is 0 Å². The van der Waals surface area contributed by atoms with Crippen LogP contribution in [0.3, 0.4) is 0 Å². The molecule has 6 nitrogen and oxygen atoms in total. The molecule has 0 saturated heterocycles. The molecule has 0 heterocycles. The molecule has 0 aromatic carbocycles. The normalized spacial score (nSPS) is 12.5. The number of ether oxygens (including phenoxy) is 3. The largest absolute Gasteiger partial charge is 0.462 e. The van der Waals surface area contributed by atoms with E-state index < -0.39 is 6.10 Å². The molecule has 1 unspecified atom stereocenters. The van der Waals surface area contributed by atoms with Gasteiger partial charge in [-0.2, -0.15) is 0 Å². The third-order valence-corrected chi connectivity index (χ3v) is 14.2. The van der Waals surface area contributed by atoms with Gasteiger partial charge in [0.05, 0.1) is 0 Å². The lowest BCUT2D eigenvalue weighted by Crippen LogP contribution is -2.30. The number of rotatable bonds is 59. The van der Waals surface area contributed by atoms with Crippen molar-refractivity contribution in [3.63, 3.8) is 0 Å². The predicted octanol–water partition coefficient (Wildman–Crippen LogP) is 22.1. The predicted molar refractivity (Wildman–Crippen MR) is 325 cm³/mol. The minimum Gasteiger partial charge on any atom is -0.462 e. The van der Waals surface area contributed by atoms with Gasteiger partial charge in [0.2, 0.25) is 0 Å². The van der Waals surface area contributed by atoms with Gasteiger partial charge in [0.15, 0.2) is 6.10 Å². The Kier molecular flexibility index (Phi) is 60.7. The first-order chi connectivity index (χ1) is 37.0. The molecule has 0 radical (unpaired) electrons. The smallest absolute Gasteiger partial charge is 0.306 e. The molecule has 0 fully saturated rings. The molecule has 0 aromatic rings. The Bertz CT molecular complexity index is 1390. The Hall–Kier alpha value is -3.15. The highest BCUT2D eigenvalue weighted by Gasteiger charge is 2.19. The molecule has 0 aliphatic heterocycles. The average molecular weight is 1050 g/mol. The number of carbonyl (C=O) groups is 3. The van der Waals surface area contributed by atoms with E-state index >= 15 is 0 Å². The summed E-state index contributed by atoms with van der Waals surface area (Å²) in [5.74, 6) is -0.913. The lowest BCUT2D eigenvalue weighted by atomic mass is 10.0. The summed E-state index contributed by atoms with van der Waals surface area (Å²) >= 11 is 0. The van der Waals surface area contributed by atoms with E-state index in [0.717, 1.165) is 103 Å². The van der Waals surface area contributed by atoms with Gasteiger partial charge in [-0.1, -0.05) is 293 Å². The Balaban J connectivity index is 4.39. The van der Waals surface area contributed by atoms with Gasteiger partial charge >= 0.3 is 17.9 Å². The van der Waals surface area contributed by atoms with Crippen LogP contribution in [0.2, 0.25) is 0 Å². The van der Waals surface area contributed by atoms with Crippen molar-refractivity contribution in [3.8, 4) is 0 Å². The van der Waals surface area contributed by atoms with Gasteiger partial charge in [-0.05, 0) is 89.9 Å². The lowest BCUT2D eigenvalue weighted by molar-refractivity contribution is -0.167. The number of esters is 3. The zero-order valence-corrected chi connectivity index (χ0v) is 49.8. The Morgan fingerprint density at radius 2 is 0.520 bits per heavy atom. The second-order valence-corrected chi connectivity index (χ2v) is 21.6. The van der Waals surface area contributed by atoms with Gasteiger partial charge in [0, 0.05) is 19.3 Å². The zero-order valence-electron chi connectivity index (χ0n) is 49.8. The molecular weight excluding hydrogens is 925 g/mol. The van der Waals surface area contributed by atoms with Crippen LogP contribution in [0.5, 0.6) is 0 Å². The van der Waals surface area contributed by atoms with Crippen LogP contribution < -0.4 is 0 Å². The zero-order chi connectivity index (χ0) is 54.3. The summed E-state index contributed by atoms with van der Waals surface area (Å²) in [5.41, 5.74) is 0. The molecule has 0 rings (SSSR count).